The molecule has 0 aliphatic heterocycles. The molecule has 28 heavy (non-hydrogen) atoms. The third-order valence-electron chi connectivity index (χ3n) is 4.77. The Kier molecular flexibility index (Phi) is 4.99. The van der Waals surface area contributed by atoms with E-state index in [0.717, 1.165) is 11.1 Å². The number of nitrogens with one attached hydrogen (secondary N) is 1. The van der Waals surface area contributed by atoms with E-state index in [1.807, 2.05) is 19.9 Å². The van der Waals surface area contributed by atoms with Crippen molar-refractivity contribution in [3.63, 3.8) is 0 Å². The molecule has 2 aromatic carbocycles. The average molecular weight is 399 g/mol. The molecule has 0 saturated carbocycles. The van der Waals surface area contributed by atoms with Crippen molar-refractivity contribution in [3.8, 4) is 5.69 Å². The van der Waals surface area contributed by atoms with Crippen LogP contribution in [0, 0.1) is 27.7 Å². The number of carbonyl (C=O) groups is 1. The number of para-hydroxylation sites is 2. The molecule has 3 aromatic rings. The van der Waals surface area contributed by atoms with Crippen LogP contribution in [-0.2, 0) is 10.0 Å². The summed E-state index contributed by atoms with van der Waals surface area (Å²) in [6.45, 7) is 7.33. The molecule has 1 heterocycles. The molecule has 0 fully saturated rings. The number of hydrogen-bond donors (Lipinski definition) is 2. The molecular formula is C20H21N3O4S. The summed E-state index contributed by atoms with van der Waals surface area (Å²) in [5.41, 5.74) is 3.79. The second-order valence-corrected chi connectivity index (χ2v) is 8.28. The van der Waals surface area contributed by atoms with Crippen molar-refractivity contribution in [1.82, 2.24) is 9.78 Å². The summed E-state index contributed by atoms with van der Waals surface area (Å²) in [6, 6.07) is 10.0. The summed E-state index contributed by atoms with van der Waals surface area (Å²) in [6.07, 6.45) is 1.48. The van der Waals surface area contributed by atoms with Crippen molar-refractivity contribution >= 4 is 21.7 Å². The van der Waals surface area contributed by atoms with E-state index in [1.54, 1.807) is 38.1 Å². The Morgan fingerprint density at radius 1 is 1.04 bits per heavy atom. The normalized spacial score (nSPS) is 11.4. The van der Waals surface area contributed by atoms with Gasteiger partial charge in [-0.15, -0.1) is 0 Å². The monoisotopic (exact) mass is 399 g/mol. The number of carboxylic acid groups (broad SMARTS) is 1. The lowest BCUT2D eigenvalue weighted by atomic mass is 10.0. The minimum Gasteiger partial charge on any atom is -0.476 e. The maximum absolute atomic E-state index is 13.2. The molecule has 0 radical (unpaired) electrons. The van der Waals surface area contributed by atoms with Gasteiger partial charge >= 0.3 is 5.97 Å². The van der Waals surface area contributed by atoms with E-state index in [4.69, 9.17) is 5.11 Å². The summed E-state index contributed by atoms with van der Waals surface area (Å²) in [7, 11) is -3.87. The molecule has 0 saturated heterocycles. The van der Waals surface area contributed by atoms with Crippen LogP contribution in [0.25, 0.3) is 5.69 Å². The summed E-state index contributed by atoms with van der Waals surface area (Å²) in [5, 5.41) is 13.1. The molecule has 2 N–H and O–H groups in total. The van der Waals surface area contributed by atoms with Crippen LogP contribution in [0.5, 0.6) is 0 Å². The van der Waals surface area contributed by atoms with Crippen LogP contribution < -0.4 is 4.72 Å². The Balaban J connectivity index is 2.09. The van der Waals surface area contributed by atoms with Crippen molar-refractivity contribution in [3.05, 3.63) is 70.5 Å². The van der Waals surface area contributed by atoms with Crippen LogP contribution in [-0.4, -0.2) is 29.3 Å². The third kappa shape index (κ3) is 3.50. The Hall–Kier alpha value is -3.13. The molecule has 0 amide bonds. The first-order chi connectivity index (χ1) is 13.1. The number of aromatic nitrogens is 2. The van der Waals surface area contributed by atoms with E-state index in [-0.39, 0.29) is 10.6 Å². The van der Waals surface area contributed by atoms with Gasteiger partial charge in [0, 0.05) is 6.20 Å². The van der Waals surface area contributed by atoms with Crippen molar-refractivity contribution in [1.29, 1.82) is 0 Å². The number of hydrogen-bond acceptors (Lipinski definition) is 4. The predicted octanol–water partition coefficient (Wildman–Crippen LogP) is 3.60. The van der Waals surface area contributed by atoms with Gasteiger partial charge in [-0.05, 0) is 68.1 Å². The third-order valence-corrected chi connectivity index (χ3v) is 6.41. The number of aromatic carboxylic acids is 1. The van der Waals surface area contributed by atoms with E-state index in [0.29, 0.717) is 22.5 Å². The van der Waals surface area contributed by atoms with Crippen LogP contribution in [0.1, 0.15) is 32.7 Å². The van der Waals surface area contributed by atoms with E-state index in [2.05, 4.69) is 9.82 Å². The van der Waals surface area contributed by atoms with Crippen molar-refractivity contribution in [2.45, 2.75) is 32.6 Å². The summed E-state index contributed by atoms with van der Waals surface area (Å²) >= 11 is 0. The topological polar surface area (TPSA) is 101 Å². The van der Waals surface area contributed by atoms with E-state index < -0.39 is 16.0 Å². The van der Waals surface area contributed by atoms with Crippen LogP contribution >= 0.6 is 0 Å². The number of benzene rings is 2. The number of carboxylic acids is 1. The first kappa shape index (κ1) is 19.6. The highest BCUT2D eigenvalue weighted by molar-refractivity contribution is 7.92. The van der Waals surface area contributed by atoms with Gasteiger partial charge in [-0.25, -0.2) is 17.9 Å². The number of nitrogens with zero attached hydrogens (tertiary/aromatic N) is 2. The van der Waals surface area contributed by atoms with Crippen molar-refractivity contribution < 1.29 is 18.3 Å². The molecule has 1 aromatic heterocycles. The quantitative estimate of drug-likeness (QED) is 0.682. The van der Waals surface area contributed by atoms with Gasteiger partial charge in [0.25, 0.3) is 10.0 Å². The number of sulfonamides is 1. The Morgan fingerprint density at radius 3 is 2.21 bits per heavy atom. The first-order valence-electron chi connectivity index (χ1n) is 8.60. The molecule has 3 rings (SSSR count). The molecule has 0 unspecified atom stereocenters. The van der Waals surface area contributed by atoms with Gasteiger partial charge in [-0.3, -0.25) is 4.72 Å². The zero-order valence-electron chi connectivity index (χ0n) is 16.0. The summed E-state index contributed by atoms with van der Waals surface area (Å²) in [5.74, 6) is -1.15. The Bertz CT molecular complexity index is 1150. The largest absolute Gasteiger partial charge is 0.476 e. The average Bonchev–Trinajstić information content (AvgIpc) is 3.10. The van der Waals surface area contributed by atoms with Gasteiger partial charge in [0.15, 0.2) is 5.69 Å². The van der Waals surface area contributed by atoms with E-state index in [1.165, 1.54) is 16.9 Å². The zero-order valence-corrected chi connectivity index (χ0v) is 16.8. The molecule has 146 valence electrons. The standard InChI is InChI=1S/C20H21N3O4S/c1-12-11-13(2)15(4)19(14(12)3)28(26,27)22-16-7-5-6-8-18(16)23-10-9-17(21-23)20(24)25/h5-11,22H,1-4H3,(H,24,25). The maximum Gasteiger partial charge on any atom is 0.356 e. The molecule has 0 aliphatic carbocycles. The fraction of sp³-hybridized carbons (Fsp3) is 0.200. The SMILES string of the molecule is Cc1cc(C)c(C)c(S(=O)(=O)Nc2ccccc2-n2ccc(C(=O)O)n2)c1C. The summed E-state index contributed by atoms with van der Waals surface area (Å²) in [4.78, 5) is 11.4. The van der Waals surface area contributed by atoms with Gasteiger partial charge in [0.05, 0.1) is 16.3 Å². The Labute approximate surface area is 163 Å². The van der Waals surface area contributed by atoms with E-state index >= 15 is 0 Å². The maximum atomic E-state index is 13.2. The van der Waals surface area contributed by atoms with Gasteiger partial charge in [0.1, 0.15) is 0 Å². The van der Waals surface area contributed by atoms with Gasteiger partial charge < -0.3 is 5.11 Å². The predicted molar refractivity (Wildman–Crippen MR) is 107 cm³/mol. The lowest BCUT2D eigenvalue weighted by Gasteiger charge is -2.18. The van der Waals surface area contributed by atoms with Crippen molar-refractivity contribution in [2.24, 2.45) is 0 Å². The van der Waals surface area contributed by atoms with Crippen LogP contribution in [0.15, 0.2) is 47.5 Å². The Morgan fingerprint density at radius 2 is 1.64 bits per heavy atom. The summed E-state index contributed by atoms with van der Waals surface area (Å²) < 4.78 is 30.4. The minimum absolute atomic E-state index is 0.126. The number of aryl methyl sites for hydroxylation is 2. The molecule has 0 aliphatic rings. The minimum atomic E-state index is -3.87. The molecule has 0 spiro atoms. The van der Waals surface area contributed by atoms with Crippen LogP contribution in [0.2, 0.25) is 0 Å². The molecule has 0 bridgehead atoms. The fourth-order valence-electron chi connectivity index (χ4n) is 3.11. The fourth-order valence-corrected chi connectivity index (χ4v) is 4.80. The molecule has 0 atom stereocenters. The highest BCUT2D eigenvalue weighted by Gasteiger charge is 2.23. The van der Waals surface area contributed by atoms with Crippen molar-refractivity contribution in [2.75, 3.05) is 4.72 Å². The molecule has 7 nitrogen and oxygen atoms in total. The van der Waals surface area contributed by atoms with Crippen LogP contribution in [0.4, 0.5) is 5.69 Å². The van der Waals surface area contributed by atoms with Gasteiger partial charge in [-0.2, -0.15) is 5.10 Å². The van der Waals surface area contributed by atoms with Crippen LogP contribution in [0.3, 0.4) is 0 Å². The van der Waals surface area contributed by atoms with Gasteiger partial charge in [0.2, 0.25) is 0 Å². The number of rotatable bonds is 5. The molecular weight excluding hydrogens is 378 g/mol. The lowest BCUT2D eigenvalue weighted by Crippen LogP contribution is -2.18. The highest BCUT2D eigenvalue weighted by atomic mass is 32.2. The zero-order chi connectivity index (χ0) is 20.6. The smallest absolute Gasteiger partial charge is 0.356 e. The van der Waals surface area contributed by atoms with Gasteiger partial charge in [-0.1, -0.05) is 18.2 Å². The molecule has 8 heteroatoms. The van der Waals surface area contributed by atoms with E-state index in [9.17, 15) is 13.2 Å². The number of anilines is 1. The lowest BCUT2D eigenvalue weighted by molar-refractivity contribution is 0.0690. The highest BCUT2D eigenvalue weighted by Crippen LogP contribution is 2.29. The first-order valence-corrected chi connectivity index (χ1v) is 10.1. The second kappa shape index (κ2) is 7.12. The second-order valence-electron chi connectivity index (χ2n) is 6.66.